The predicted molar refractivity (Wildman–Crippen MR) is 135 cm³/mol. The van der Waals surface area contributed by atoms with E-state index in [-0.39, 0.29) is 24.0 Å². The average Bonchev–Trinajstić information content (AvgIpc) is 3.35. The van der Waals surface area contributed by atoms with Crippen LogP contribution in [-0.4, -0.2) is 40.1 Å². The third kappa shape index (κ3) is 5.50. The summed E-state index contributed by atoms with van der Waals surface area (Å²) in [6.45, 7) is 3.83. The van der Waals surface area contributed by atoms with Crippen LogP contribution >= 0.6 is 35.3 Å². The Bertz CT molecular complexity index is 1060. The SMILES string of the molecule is CCNC(=NCC(O)c1cc2ccccc2s1)NCCc1cn2ccccc2n1.I. The van der Waals surface area contributed by atoms with E-state index < -0.39 is 6.10 Å². The molecule has 0 fully saturated rings. The van der Waals surface area contributed by atoms with E-state index in [2.05, 4.69) is 32.7 Å². The van der Waals surface area contributed by atoms with Crippen LogP contribution < -0.4 is 10.6 Å². The monoisotopic (exact) mass is 535 g/mol. The molecule has 8 heteroatoms. The number of aromatic nitrogens is 2. The van der Waals surface area contributed by atoms with E-state index in [0.717, 1.165) is 34.6 Å². The fourth-order valence-corrected chi connectivity index (χ4v) is 4.23. The molecule has 6 nitrogen and oxygen atoms in total. The largest absolute Gasteiger partial charge is 0.386 e. The topological polar surface area (TPSA) is 74.0 Å². The zero-order chi connectivity index (χ0) is 20.1. The minimum atomic E-state index is -0.610. The Morgan fingerprint density at radius 2 is 2.03 bits per heavy atom. The van der Waals surface area contributed by atoms with Gasteiger partial charge in [-0.2, -0.15) is 0 Å². The summed E-state index contributed by atoms with van der Waals surface area (Å²) in [7, 11) is 0. The molecular formula is C22H26IN5OS. The molecule has 0 amide bonds. The average molecular weight is 535 g/mol. The van der Waals surface area contributed by atoms with Crippen LogP contribution in [0.2, 0.25) is 0 Å². The first-order chi connectivity index (χ1) is 14.2. The second-order valence-electron chi connectivity index (χ2n) is 6.80. The molecule has 0 saturated heterocycles. The van der Waals surface area contributed by atoms with Crippen molar-refractivity contribution in [3.05, 3.63) is 71.5 Å². The summed E-state index contributed by atoms with van der Waals surface area (Å²) in [5.74, 6) is 0.705. The molecule has 3 N–H and O–H groups in total. The lowest BCUT2D eigenvalue weighted by atomic mass is 10.2. The van der Waals surface area contributed by atoms with Gasteiger partial charge in [-0.25, -0.2) is 4.98 Å². The van der Waals surface area contributed by atoms with Gasteiger partial charge in [0.2, 0.25) is 0 Å². The fourth-order valence-electron chi connectivity index (χ4n) is 3.19. The minimum absolute atomic E-state index is 0. The quantitative estimate of drug-likeness (QED) is 0.190. The minimum Gasteiger partial charge on any atom is -0.386 e. The third-order valence-corrected chi connectivity index (χ3v) is 5.84. The maximum atomic E-state index is 10.6. The Morgan fingerprint density at radius 3 is 2.83 bits per heavy atom. The molecule has 0 saturated carbocycles. The number of imidazole rings is 1. The summed E-state index contributed by atoms with van der Waals surface area (Å²) in [5.41, 5.74) is 1.99. The molecule has 0 radical (unpaired) electrons. The van der Waals surface area contributed by atoms with Crippen molar-refractivity contribution in [3.8, 4) is 0 Å². The van der Waals surface area contributed by atoms with Gasteiger partial charge in [-0.3, -0.25) is 4.99 Å². The number of benzene rings is 1. The number of hydrogen-bond donors (Lipinski definition) is 3. The molecule has 30 heavy (non-hydrogen) atoms. The molecule has 4 rings (SSSR count). The van der Waals surface area contributed by atoms with E-state index >= 15 is 0 Å². The van der Waals surface area contributed by atoms with Gasteiger partial charge in [0, 0.05) is 41.5 Å². The van der Waals surface area contributed by atoms with E-state index in [1.165, 1.54) is 4.70 Å². The van der Waals surface area contributed by atoms with E-state index in [0.29, 0.717) is 19.0 Å². The highest BCUT2D eigenvalue weighted by Gasteiger charge is 2.11. The first kappa shape index (κ1) is 22.5. The summed E-state index contributed by atoms with van der Waals surface area (Å²) in [6, 6.07) is 16.2. The summed E-state index contributed by atoms with van der Waals surface area (Å²) in [5, 5.41) is 18.3. The van der Waals surface area contributed by atoms with Gasteiger partial charge in [-0.05, 0) is 36.6 Å². The molecule has 3 heterocycles. The van der Waals surface area contributed by atoms with Crippen molar-refractivity contribution in [3.63, 3.8) is 0 Å². The zero-order valence-electron chi connectivity index (χ0n) is 16.8. The highest BCUT2D eigenvalue weighted by molar-refractivity contribution is 14.0. The molecule has 3 aromatic heterocycles. The van der Waals surface area contributed by atoms with Gasteiger partial charge in [-0.1, -0.05) is 24.3 Å². The van der Waals surface area contributed by atoms with Gasteiger partial charge >= 0.3 is 0 Å². The van der Waals surface area contributed by atoms with Crippen LogP contribution in [0.5, 0.6) is 0 Å². The molecule has 1 aromatic carbocycles. The van der Waals surface area contributed by atoms with E-state index in [1.54, 1.807) is 11.3 Å². The van der Waals surface area contributed by atoms with Gasteiger partial charge in [0.05, 0.1) is 12.2 Å². The number of aliphatic imine (C=N–C) groups is 1. The van der Waals surface area contributed by atoms with Gasteiger partial charge in [0.25, 0.3) is 0 Å². The van der Waals surface area contributed by atoms with Crippen LogP contribution in [0.4, 0.5) is 0 Å². The van der Waals surface area contributed by atoms with E-state index in [4.69, 9.17) is 0 Å². The predicted octanol–water partition coefficient (Wildman–Crippen LogP) is 4.00. The standard InChI is InChI=1S/C22H25N5OS.HI/c1-2-23-22(24-11-10-17-15-27-12-6-5-9-21(27)26-17)25-14-18(28)20-13-16-7-3-4-8-19(16)29-20;/h3-9,12-13,15,18,28H,2,10-11,14H2,1H3,(H2,23,24,25);1H. The zero-order valence-corrected chi connectivity index (χ0v) is 19.9. The third-order valence-electron chi connectivity index (χ3n) is 4.63. The lowest BCUT2D eigenvalue weighted by molar-refractivity contribution is 0.191. The number of pyridine rings is 1. The van der Waals surface area contributed by atoms with Gasteiger partial charge in [0.15, 0.2) is 5.96 Å². The summed E-state index contributed by atoms with van der Waals surface area (Å²) in [6.07, 6.45) is 4.23. The summed E-state index contributed by atoms with van der Waals surface area (Å²) >= 11 is 1.62. The molecule has 0 aliphatic carbocycles. The number of rotatable bonds is 7. The first-order valence-electron chi connectivity index (χ1n) is 9.84. The molecule has 0 aliphatic heterocycles. The second-order valence-corrected chi connectivity index (χ2v) is 7.91. The van der Waals surface area contributed by atoms with Crippen LogP contribution in [0, 0.1) is 0 Å². The van der Waals surface area contributed by atoms with Crippen molar-refractivity contribution in [2.45, 2.75) is 19.4 Å². The van der Waals surface area contributed by atoms with Crippen LogP contribution in [-0.2, 0) is 6.42 Å². The molecule has 4 aromatic rings. The Morgan fingerprint density at radius 1 is 1.20 bits per heavy atom. The van der Waals surface area contributed by atoms with Crippen LogP contribution in [0.3, 0.4) is 0 Å². The number of thiophene rings is 1. The van der Waals surface area contributed by atoms with Crippen LogP contribution in [0.1, 0.15) is 23.6 Å². The maximum absolute atomic E-state index is 10.6. The van der Waals surface area contributed by atoms with Crippen molar-refractivity contribution in [2.75, 3.05) is 19.6 Å². The van der Waals surface area contributed by atoms with Crippen molar-refractivity contribution in [1.29, 1.82) is 0 Å². The Balaban J connectivity index is 0.00000256. The number of halogens is 1. The summed E-state index contributed by atoms with van der Waals surface area (Å²) in [4.78, 5) is 10.1. The lowest BCUT2D eigenvalue weighted by Gasteiger charge is -2.12. The Kier molecular flexibility index (Phi) is 8.06. The van der Waals surface area contributed by atoms with Gasteiger partial charge in [0.1, 0.15) is 11.8 Å². The molecule has 1 unspecified atom stereocenters. The highest BCUT2D eigenvalue weighted by atomic mass is 127. The Labute approximate surface area is 197 Å². The number of fused-ring (bicyclic) bond motifs is 2. The van der Waals surface area contributed by atoms with Gasteiger partial charge in [-0.15, -0.1) is 35.3 Å². The van der Waals surface area contributed by atoms with Crippen LogP contribution in [0.25, 0.3) is 15.7 Å². The molecule has 158 valence electrons. The highest BCUT2D eigenvalue weighted by Crippen LogP contribution is 2.29. The number of nitrogens with zero attached hydrogens (tertiary/aromatic N) is 3. The van der Waals surface area contributed by atoms with Crippen molar-refractivity contribution >= 4 is 57.0 Å². The molecular weight excluding hydrogens is 509 g/mol. The number of guanidine groups is 1. The number of aliphatic hydroxyl groups excluding tert-OH is 1. The molecule has 0 aliphatic rings. The maximum Gasteiger partial charge on any atom is 0.191 e. The second kappa shape index (κ2) is 10.7. The van der Waals surface area contributed by atoms with Crippen molar-refractivity contribution in [2.24, 2.45) is 4.99 Å². The van der Waals surface area contributed by atoms with Crippen LogP contribution in [0.15, 0.2) is 65.9 Å². The first-order valence-corrected chi connectivity index (χ1v) is 10.7. The van der Waals surface area contributed by atoms with E-state index in [9.17, 15) is 5.11 Å². The molecule has 1 atom stereocenters. The Hall–Kier alpha value is -2.17. The van der Waals surface area contributed by atoms with Crippen molar-refractivity contribution < 1.29 is 5.11 Å². The number of aliphatic hydroxyl groups is 1. The molecule has 0 bridgehead atoms. The number of hydrogen-bond acceptors (Lipinski definition) is 4. The summed E-state index contributed by atoms with van der Waals surface area (Å²) < 4.78 is 3.21. The smallest absolute Gasteiger partial charge is 0.191 e. The fraction of sp³-hybridized carbons (Fsp3) is 0.273. The normalized spacial score (nSPS) is 12.7. The number of nitrogens with one attached hydrogen (secondary N) is 2. The molecule has 0 spiro atoms. The lowest BCUT2D eigenvalue weighted by Crippen LogP contribution is -2.38. The van der Waals surface area contributed by atoms with E-state index in [1.807, 2.05) is 60.1 Å². The van der Waals surface area contributed by atoms with Crippen molar-refractivity contribution in [1.82, 2.24) is 20.0 Å². The van der Waals surface area contributed by atoms with Gasteiger partial charge < -0.3 is 20.1 Å².